The molecule has 0 radical (unpaired) electrons. The molecule has 3 aliphatic heterocycles. The van der Waals surface area contributed by atoms with Crippen molar-refractivity contribution in [2.24, 2.45) is 58.8 Å². The van der Waals surface area contributed by atoms with Crippen molar-refractivity contribution in [2.75, 3.05) is 105 Å². The van der Waals surface area contributed by atoms with Crippen LogP contribution in [0.15, 0.2) is 6.07 Å². The fourth-order valence-corrected chi connectivity index (χ4v) is 14.0. The number of aliphatic hydroxyl groups excluding tert-OH is 1. The second-order valence-electron chi connectivity index (χ2n) is 31.0. The molecule has 1 unspecified atom stereocenters. The van der Waals surface area contributed by atoms with E-state index in [1.165, 1.54) is 81.9 Å². The molecule has 1 aromatic rings. The molecule has 0 aromatic heterocycles. The van der Waals surface area contributed by atoms with Gasteiger partial charge < -0.3 is 91.6 Å². The topological polar surface area (TPSA) is 474 Å². The number of carboxylic acid groups (broad SMARTS) is 2. The van der Waals surface area contributed by atoms with E-state index in [0.29, 0.717) is 115 Å². The maximum Gasteiger partial charge on any atom is 0.396 e. The van der Waals surface area contributed by atoms with Crippen molar-refractivity contribution in [3.05, 3.63) is 29.3 Å². The molecule has 3 saturated heterocycles. The maximum absolute atomic E-state index is 13.4. The monoisotopic (exact) mass is 1710 g/mol. The first kappa shape index (κ1) is 106. The minimum atomic E-state index is -1.73. The van der Waals surface area contributed by atoms with Crippen molar-refractivity contribution in [2.45, 2.75) is 240 Å². The van der Waals surface area contributed by atoms with Crippen LogP contribution < -0.4 is 42.8 Å². The third-order valence-corrected chi connectivity index (χ3v) is 20.8. The highest BCUT2D eigenvalue weighted by Crippen LogP contribution is 2.30. The average Bonchev–Trinajstić information content (AvgIpc) is 1.02. The van der Waals surface area contributed by atoms with Gasteiger partial charge in [0.15, 0.2) is 17.4 Å². The smallest absolute Gasteiger partial charge is 0.396 e. The summed E-state index contributed by atoms with van der Waals surface area (Å²) >= 11 is 4.69. The van der Waals surface area contributed by atoms with Gasteiger partial charge in [-0.15, -0.1) is 0 Å². The molecule has 8 aliphatic rings. The first-order chi connectivity index (χ1) is 56.0. The minimum Gasteiger partial charge on any atom is -0.485 e. The van der Waals surface area contributed by atoms with E-state index >= 15 is 0 Å². The molecule has 0 bridgehead atoms. The van der Waals surface area contributed by atoms with Gasteiger partial charge >= 0.3 is 82.5 Å². The first-order valence-corrected chi connectivity index (χ1v) is 41.9. The Morgan fingerprint density at radius 2 is 0.839 bits per heavy atom. The summed E-state index contributed by atoms with van der Waals surface area (Å²) in [6, 6.07) is -1.13. The van der Waals surface area contributed by atoms with Gasteiger partial charge in [-0.2, -0.15) is 8.78 Å². The second kappa shape index (κ2) is 59.4. The predicted molar refractivity (Wildman–Crippen MR) is 424 cm³/mol. The zero-order chi connectivity index (χ0) is 88.3. The number of piperidine rings is 3. The van der Waals surface area contributed by atoms with Crippen LogP contribution in [0.1, 0.15) is 222 Å². The van der Waals surface area contributed by atoms with Crippen LogP contribution in [0.3, 0.4) is 0 Å². The summed E-state index contributed by atoms with van der Waals surface area (Å²) in [4.78, 5) is 159. The Morgan fingerprint density at radius 1 is 0.500 bits per heavy atom. The summed E-state index contributed by atoms with van der Waals surface area (Å²) in [5.74, 6) is -13.9. The summed E-state index contributed by atoms with van der Waals surface area (Å²) in [5.41, 5.74) is 10.3. The lowest BCUT2D eigenvalue weighted by Crippen LogP contribution is -2.48. The van der Waals surface area contributed by atoms with Gasteiger partial charge in [-0.25, -0.2) is 23.2 Å². The Balaban J connectivity index is 0.000000471. The molecule has 0 spiro atoms. The number of likely N-dealkylation sites (tertiary alicyclic amines) is 2. The maximum atomic E-state index is 13.4. The van der Waals surface area contributed by atoms with Gasteiger partial charge in [0, 0.05) is 64.5 Å². The Morgan fingerprint density at radius 3 is 1.16 bits per heavy atom. The molecule has 8 fully saturated rings. The number of hydrogen-bond donors (Lipinski definition) is 10. The molecule has 5 saturated carbocycles. The minimum absolute atomic E-state index is 0.0194. The summed E-state index contributed by atoms with van der Waals surface area (Å²) in [6.45, 7) is 19.1. The lowest BCUT2D eigenvalue weighted by atomic mass is 9.97. The Bertz CT molecular complexity index is 3250. The molecule has 32 nitrogen and oxygen atoms in total. The van der Waals surface area contributed by atoms with Gasteiger partial charge in [0.05, 0.1) is 50.6 Å². The van der Waals surface area contributed by atoms with Crippen molar-refractivity contribution >= 4 is 94.1 Å². The van der Waals surface area contributed by atoms with Gasteiger partial charge in [-0.05, 0) is 212 Å². The lowest BCUT2D eigenvalue weighted by Gasteiger charge is -2.30. The number of esters is 5. The van der Waals surface area contributed by atoms with Gasteiger partial charge in [0.25, 0.3) is 0 Å². The molecule has 9 rings (SSSR count). The van der Waals surface area contributed by atoms with Crippen molar-refractivity contribution in [3.63, 3.8) is 0 Å². The van der Waals surface area contributed by atoms with Crippen molar-refractivity contribution < 1.29 is 128 Å². The number of aliphatic carboxylic acids is 2. The second-order valence-corrected chi connectivity index (χ2v) is 31.3. The zero-order valence-corrected chi connectivity index (χ0v) is 70.5. The van der Waals surface area contributed by atoms with E-state index in [9.17, 15) is 89.8 Å². The molecular formula is C81H130ClF4N9O23. The van der Waals surface area contributed by atoms with E-state index in [1.54, 1.807) is 46.4 Å². The fourth-order valence-electron chi connectivity index (χ4n) is 13.9. The van der Waals surface area contributed by atoms with Crippen LogP contribution in [-0.2, 0) is 90.8 Å². The molecule has 5 aliphatic carbocycles. The third kappa shape index (κ3) is 44.1. The number of aliphatic hydroxyl groups is 1. The molecule has 118 heavy (non-hydrogen) atoms. The summed E-state index contributed by atoms with van der Waals surface area (Å²) in [5, 5.41) is 39.5. The summed E-state index contributed by atoms with van der Waals surface area (Å²) < 4.78 is 81.1. The Kier molecular flexibility index (Phi) is 53.2. The standard InChI is InChI=1S/C16H26N2O4.C15H19F4NO4.C14H22N2O4.C10H17NO3.C8H13NO3.C8H15NO2.C6H13N.C4H5ClO3/c1-2-22-16(21)13-7-9-18(10-8-13)15(20)14(19)17-11-12-5-3-4-6-12;1-15(2,3)24-11(22)5-9(20)10(21)6-23-14-12(18)7(16)4-8(17)13(14)19;17-12(15-9-10-3-1-2-4-10)13(18)16-7-5-11(6-8-16)14(19)20;1-2-14-10(13)9(12)11-7-8-5-3-4-6-8;10-7(8(11)12)9-5-6-3-1-2-4-6;1-2-11-8(10)7-3-5-9-6-4-7;7-5-6-3-1-2-4-6;1-2-8-4(7)3(5)6/h12-13H,2-11H2,1H3,(H,17,19);4,9-10,21H,5-6,20H2,1-3H3;10-11H,1-9H2,(H,15,17)(H,19,20);8H,2-7H2,1H3,(H,11,12);6H,1-5H2,(H,9,10)(H,11,12);7,9H,2-6H2,1H3;6H,1-5,7H2;2H2,1H3/t;9-,10?;;;;;;/m.0....../s1. The summed E-state index contributed by atoms with van der Waals surface area (Å²) in [7, 11) is 0. The average molecular weight is 1710 g/mol. The molecule has 37 heteroatoms. The molecule has 2 atom stereocenters. The molecule has 6 amide bonds. The van der Waals surface area contributed by atoms with Gasteiger partial charge in [0.2, 0.25) is 11.6 Å². The predicted octanol–water partition coefficient (Wildman–Crippen LogP) is 6.98. The highest BCUT2D eigenvalue weighted by atomic mass is 35.5. The number of amides is 6. The van der Waals surface area contributed by atoms with E-state index in [-0.39, 0.29) is 55.4 Å². The number of carboxylic acids is 2. The highest BCUT2D eigenvalue weighted by molar-refractivity contribution is 6.80. The zero-order valence-electron chi connectivity index (χ0n) is 69.7. The van der Waals surface area contributed by atoms with Crippen LogP contribution in [0, 0.1) is 70.6 Å². The van der Waals surface area contributed by atoms with E-state index in [4.69, 9.17) is 47.5 Å². The van der Waals surface area contributed by atoms with E-state index in [0.717, 1.165) is 89.8 Å². The van der Waals surface area contributed by atoms with Crippen molar-refractivity contribution in [1.82, 2.24) is 36.4 Å². The van der Waals surface area contributed by atoms with Crippen LogP contribution in [0.5, 0.6) is 5.75 Å². The normalized spacial score (nSPS) is 17.7. The number of benzene rings is 1. The molecular weight excluding hydrogens is 1580 g/mol. The number of nitrogens with two attached hydrogens (primary N) is 2. The number of hydrogen-bond acceptors (Lipinski definition) is 24. The first-order valence-electron chi connectivity index (χ1n) is 41.6. The largest absolute Gasteiger partial charge is 0.485 e. The lowest BCUT2D eigenvalue weighted by molar-refractivity contribution is -0.156. The van der Waals surface area contributed by atoms with Crippen LogP contribution in [0.25, 0.3) is 0 Å². The van der Waals surface area contributed by atoms with E-state index < -0.39 is 124 Å². The number of halogens is 5. The van der Waals surface area contributed by atoms with E-state index in [1.807, 2.05) is 6.92 Å². The third-order valence-electron chi connectivity index (χ3n) is 20.7. The van der Waals surface area contributed by atoms with Gasteiger partial charge in [-0.1, -0.05) is 64.2 Å². The number of nitrogens with one attached hydrogen (secondary N) is 5. The molecule has 1 aromatic carbocycles. The number of ether oxygens (including phenoxy) is 6. The Labute approximate surface area is 694 Å². The molecule has 3 heterocycles. The van der Waals surface area contributed by atoms with Crippen LogP contribution in [0.2, 0.25) is 0 Å². The summed E-state index contributed by atoms with van der Waals surface area (Å²) in [6.07, 6.45) is 26.3. The van der Waals surface area contributed by atoms with Gasteiger partial charge in [0.1, 0.15) is 18.3 Å². The SMILES string of the molecule is CC(C)(C)OC(=O)C[C@H](N)C(O)COc1c(F)c(F)cc(F)c1F.CCOC(=O)C(=O)Cl.CCOC(=O)C(=O)NCC1CCCC1.CCOC(=O)C1CCN(C(=O)C(=O)NCC2CCCC2)CC1.CCOC(=O)C1CCNCC1.NCC1CCCC1.O=C(NCC1CCCC1)C(=O)N1CCC(C(=O)O)CC1.O=C(O)C(=O)NCC1CCCC1. The Hall–Kier alpha value is -8.35. The van der Waals surface area contributed by atoms with Crippen molar-refractivity contribution in [1.29, 1.82) is 0 Å². The van der Waals surface area contributed by atoms with Crippen molar-refractivity contribution in [3.8, 4) is 5.75 Å². The van der Waals surface area contributed by atoms with Crippen LogP contribution >= 0.6 is 11.6 Å². The number of carbonyl (C=O) groups excluding carboxylic acids is 12. The van der Waals surface area contributed by atoms with Crippen LogP contribution in [0.4, 0.5) is 17.6 Å². The van der Waals surface area contributed by atoms with Crippen LogP contribution in [-0.4, -0.2) is 230 Å². The molecule has 12 N–H and O–H groups in total. The van der Waals surface area contributed by atoms with E-state index in [2.05, 4.69) is 40.8 Å². The molecule has 672 valence electrons. The highest BCUT2D eigenvalue weighted by Gasteiger charge is 2.34. The number of rotatable bonds is 23. The number of carbonyl (C=O) groups is 14. The number of nitrogens with zero attached hydrogens (tertiary/aromatic N) is 2. The van der Waals surface area contributed by atoms with Gasteiger partial charge in [-0.3, -0.25) is 52.7 Å². The quantitative estimate of drug-likeness (QED) is 0.0132. The fraction of sp³-hybridized carbons (Fsp3) is 0.753.